The average Bonchev–Trinajstić information content (AvgIpc) is 2.29. The Labute approximate surface area is 106 Å². The van der Waals surface area contributed by atoms with Gasteiger partial charge in [0.25, 0.3) is 0 Å². The molecule has 0 aliphatic carbocycles. The number of sulfonamides is 1. The van der Waals surface area contributed by atoms with Gasteiger partial charge in [0.1, 0.15) is 10.7 Å². The van der Waals surface area contributed by atoms with Crippen molar-refractivity contribution in [1.29, 1.82) is 0 Å². The molecule has 3 N–H and O–H groups in total. The second kappa shape index (κ2) is 6.00. The van der Waals surface area contributed by atoms with Crippen LogP contribution in [0.5, 0.6) is 0 Å². The van der Waals surface area contributed by atoms with Crippen molar-refractivity contribution in [2.75, 3.05) is 12.4 Å². The van der Waals surface area contributed by atoms with E-state index in [1.807, 2.05) is 0 Å². The molecule has 5 nitrogen and oxygen atoms in total. The smallest absolute Gasteiger partial charge is 0.242 e. The van der Waals surface area contributed by atoms with E-state index in [1.165, 1.54) is 6.07 Å². The molecule has 0 heterocycles. The molecular formula is C10H14ClN3O2S. The molecule has 0 fully saturated rings. The second-order valence-electron chi connectivity index (χ2n) is 3.21. The van der Waals surface area contributed by atoms with E-state index < -0.39 is 10.0 Å². The summed E-state index contributed by atoms with van der Waals surface area (Å²) in [6, 6.07) is 6.35. The molecule has 0 saturated heterocycles. The maximum Gasteiger partial charge on any atom is 0.242 e. The second-order valence-corrected chi connectivity index (χ2v) is 5.21. The van der Waals surface area contributed by atoms with Crippen molar-refractivity contribution in [2.24, 2.45) is 10.7 Å². The van der Waals surface area contributed by atoms with Crippen molar-refractivity contribution in [3.05, 3.63) is 24.3 Å². The Hall–Kier alpha value is -1.11. The van der Waals surface area contributed by atoms with Crippen molar-refractivity contribution < 1.29 is 8.42 Å². The highest BCUT2D eigenvalue weighted by molar-refractivity contribution is 7.89. The monoisotopic (exact) mass is 275 g/mol. The minimum atomic E-state index is -3.55. The topological polar surface area (TPSA) is 84.5 Å². The molecule has 0 atom stereocenters. The first-order valence-corrected chi connectivity index (χ1v) is 7.00. The maximum absolute atomic E-state index is 11.9. The third-order valence-electron chi connectivity index (χ3n) is 1.89. The number of benzene rings is 1. The Kier molecular flexibility index (Phi) is 4.92. The zero-order valence-electron chi connectivity index (χ0n) is 9.35. The van der Waals surface area contributed by atoms with Crippen LogP contribution in [0.3, 0.4) is 0 Å². The summed E-state index contributed by atoms with van der Waals surface area (Å²) in [6.07, 6.45) is 0. The van der Waals surface area contributed by atoms with E-state index in [0.29, 0.717) is 6.54 Å². The number of amidine groups is 1. The summed E-state index contributed by atoms with van der Waals surface area (Å²) in [6.45, 7) is 2.02. The molecule has 1 rings (SSSR count). The summed E-state index contributed by atoms with van der Waals surface area (Å²) in [7, 11) is -3.55. The summed E-state index contributed by atoms with van der Waals surface area (Å²) in [5, 5.41) is 0. The summed E-state index contributed by atoms with van der Waals surface area (Å²) in [4.78, 5) is 4.06. The Balaban J connectivity index is 3.26. The van der Waals surface area contributed by atoms with Crippen molar-refractivity contribution in [3.63, 3.8) is 0 Å². The van der Waals surface area contributed by atoms with Crippen molar-refractivity contribution >= 4 is 33.1 Å². The fourth-order valence-electron chi connectivity index (χ4n) is 1.23. The predicted molar refractivity (Wildman–Crippen MR) is 69.3 cm³/mol. The zero-order valence-corrected chi connectivity index (χ0v) is 10.9. The van der Waals surface area contributed by atoms with Gasteiger partial charge in [-0.2, -0.15) is 0 Å². The third kappa shape index (κ3) is 3.69. The SMILES string of the molecule is CCNS(=O)(=O)c1ccccc1N=C(N)CCl. The van der Waals surface area contributed by atoms with E-state index >= 15 is 0 Å². The molecule has 0 radical (unpaired) electrons. The van der Waals surface area contributed by atoms with E-state index in [9.17, 15) is 8.42 Å². The lowest BCUT2D eigenvalue weighted by molar-refractivity contribution is 0.584. The number of nitrogens with zero attached hydrogens (tertiary/aromatic N) is 1. The number of para-hydroxylation sites is 1. The molecule has 0 amide bonds. The molecule has 17 heavy (non-hydrogen) atoms. The maximum atomic E-state index is 11.9. The molecule has 0 aliphatic rings. The highest BCUT2D eigenvalue weighted by atomic mass is 35.5. The van der Waals surface area contributed by atoms with E-state index in [4.69, 9.17) is 17.3 Å². The molecule has 0 bridgehead atoms. The van der Waals surface area contributed by atoms with E-state index in [-0.39, 0.29) is 22.3 Å². The predicted octanol–water partition coefficient (Wildman–Crippen LogP) is 1.21. The highest BCUT2D eigenvalue weighted by Gasteiger charge is 2.16. The van der Waals surface area contributed by atoms with Gasteiger partial charge in [-0.1, -0.05) is 19.1 Å². The first-order valence-electron chi connectivity index (χ1n) is 4.99. The number of nitrogens with two attached hydrogens (primary N) is 1. The van der Waals surface area contributed by atoms with Crippen LogP contribution in [0.4, 0.5) is 5.69 Å². The first kappa shape index (κ1) is 14.0. The van der Waals surface area contributed by atoms with Crippen LogP contribution in [0.1, 0.15) is 6.92 Å². The number of alkyl halides is 1. The van der Waals surface area contributed by atoms with Crippen LogP contribution in [-0.2, 0) is 10.0 Å². The lowest BCUT2D eigenvalue weighted by atomic mass is 10.3. The molecule has 0 aromatic heterocycles. The van der Waals surface area contributed by atoms with Gasteiger partial charge in [0.05, 0.1) is 11.6 Å². The van der Waals surface area contributed by atoms with E-state index in [1.54, 1.807) is 25.1 Å². The molecule has 7 heteroatoms. The number of nitrogens with one attached hydrogen (secondary N) is 1. The summed E-state index contributed by atoms with van der Waals surface area (Å²) in [5.41, 5.74) is 5.78. The Morgan fingerprint density at radius 3 is 2.71 bits per heavy atom. The van der Waals surface area contributed by atoms with Gasteiger partial charge < -0.3 is 5.73 Å². The molecule has 0 unspecified atom stereocenters. The zero-order chi connectivity index (χ0) is 12.9. The number of hydrogen-bond donors (Lipinski definition) is 2. The largest absolute Gasteiger partial charge is 0.386 e. The number of halogens is 1. The van der Waals surface area contributed by atoms with Gasteiger partial charge in [-0.05, 0) is 12.1 Å². The van der Waals surface area contributed by atoms with Crippen molar-refractivity contribution in [3.8, 4) is 0 Å². The lowest BCUT2D eigenvalue weighted by Gasteiger charge is -2.07. The van der Waals surface area contributed by atoms with Crippen LogP contribution in [-0.4, -0.2) is 26.7 Å². The Morgan fingerprint density at radius 1 is 1.47 bits per heavy atom. The highest BCUT2D eigenvalue weighted by Crippen LogP contribution is 2.23. The minimum absolute atomic E-state index is 0.0512. The number of hydrogen-bond acceptors (Lipinski definition) is 3. The normalized spacial score (nSPS) is 12.7. The van der Waals surface area contributed by atoms with Gasteiger partial charge in [0.15, 0.2) is 0 Å². The molecule has 1 aromatic rings. The number of aliphatic imine (C=N–C) groups is 1. The third-order valence-corrected chi connectivity index (χ3v) is 3.76. The van der Waals surface area contributed by atoms with Gasteiger partial charge in [-0.3, -0.25) is 0 Å². The van der Waals surface area contributed by atoms with Gasteiger partial charge in [-0.25, -0.2) is 18.1 Å². The first-order chi connectivity index (χ1) is 8.01. The van der Waals surface area contributed by atoms with Crippen molar-refractivity contribution in [2.45, 2.75) is 11.8 Å². The van der Waals surface area contributed by atoms with Crippen LogP contribution in [0.25, 0.3) is 0 Å². The lowest BCUT2D eigenvalue weighted by Crippen LogP contribution is -2.23. The minimum Gasteiger partial charge on any atom is -0.386 e. The molecule has 1 aromatic carbocycles. The number of rotatable bonds is 5. The van der Waals surface area contributed by atoms with Crippen LogP contribution < -0.4 is 10.5 Å². The summed E-state index contributed by atoms with van der Waals surface area (Å²) in [5.74, 6) is 0.223. The summed E-state index contributed by atoms with van der Waals surface area (Å²) >= 11 is 5.51. The van der Waals surface area contributed by atoms with Gasteiger partial charge in [-0.15, -0.1) is 11.6 Å². The summed E-state index contributed by atoms with van der Waals surface area (Å²) < 4.78 is 26.1. The molecule has 0 spiro atoms. The quantitative estimate of drug-likeness (QED) is 0.481. The molecular weight excluding hydrogens is 262 g/mol. The Bertz CT molecular complexity index is 514. The van der Waals surface area contributed by atoms with Gasteiger partial charge >= 0.3 is 0 Å². The standard InChI is InChI=1S/C10H14ClN3O2S/c1-2-13-17(15,16)9-6-4-3-5-8(9)14-10(12)7-11/h3-6,13H,2,7H2,1H3,(H2,12,14). The van der Waals surface area contributed by atoms with E-state index in [0.717, 1.165) is 0 Å². The average molecular weight is 276 g/mol. The Morgan fingerprint density at radius 2 is 2.12 bits per heavy atom. The molecule has 94 valence electrons. The fourth-order valence-corrected chi connectivity index (χ4v) is 2.47. The van der Waals surface area contributed by atoms with Crippen molar-refractivity contribution in [1.82, 2.24) is 4.72 Å². The van der Waals surface area contributed by atoms with Crippen LogP contribution in [0, 0.1) is 0 Å². The van der Waals surface area contributed by atoms with Crippen LogP contribution in [0.15, 0.2) is 34.2 Å². The van der Waals surface area contributed by atoms with E-state index in [2.05, 4.69) is 9.71 Å². The van der Waals surface area contributed by atoms with Gasteiger partial charge in [0.2, 0.25) is 10.0 Å². The van der Waals surface area contributed by atoms with Crippen LogP contribution in [0.2, 0.25) is 0 Å². The molecule has 0 aliphatic heterocycles. The van der Waals surface area contributed by atoms with Crippen LogP contribution >= 0.6 is 11.6 Å². The molecule has 0 saturated carbocycles. The van der Waals surface area contributed by atoms with Gasteiger partial charge in [0, 0.05) is 6.54 Å². The fraction of sp³-hybridized carbons (Fsp3) is 0.300.